The molecular formula is C12H13F5N2OS. The molecule has 0 aromatic heterocycles. The number of nitrogens with one attached hydrogen (secondary N) is 1. The average Bonchev–Trinajstić information content (AvgIpc) is 2.90. The van der Waals surface area contributed by atoms with Crippen molar-refractivity contribution >= 4 is 22.8 Å². The minimum atomic E-state index is -4.70. The third-order valence-electron chi connectivity index (χ3n) is 4.59. The number of hydrogen-bond donors (Lipinski definition) is 1. The van der Waals surface area contributed by atoms with Crippen LogP contribution in [0.4, 0.5) is 22.0 Å². The van der Waals surface area contributed by atoms with Gasteiger partial charge in [0.1, 0.15) is 0 Å². The summed E-state index contributed by atoms with van der Waals surface area (Å²) in [4.78, 5) is 14.9. The average molecular weight is 328 g/mol. The van der Waals surface area contributed by atoms with Gasteiger partial charge in [-0.2, -0.15) is 18.2 Å². The Bertz CT molecular complexity index is 520. The largest absolute Gasteiger partial charge is 0.412 e. The molecule has 118 valence electrons. The van der Waals surface area contributed by atoms with Gasteiger partial charge in [-0.05, 0) is 25.7 Å². The Morgan fingerprint density at radius 2 is 2.00 bits per heavy atom. The highest BCUT2D eigenvalue weighted by atomic mass is 32.2. The van der Waals surface area contributed by atoms with Gasteiger partial charge >= 0.3 is 6.18 Å². The fourth-order valence-corrected chi connectivity index (χ4v) is 4.22. The van der Waals surface area contributed by atoms with Crippen LogP contribution in [0.15, 0.2) is 4.99 Å². The van der Waals surface area contributed by atoms with Crippen LogP contribution in [0.5, 0.6) is 0 Å². The molecule has 2 saturated carbocycles. The first-order valence-electron chi connectivity index (χ1n) is 6.56. The first-order chi connectivity index (χ1) is 9.53. The molecule has 0 saturated heterocycles. The summed E-state index contributed by atoms with van der Waals surface area (Å²) in [7, 11) is 0. The lowest BCUT2D eigenvalue weighted by molar-refractivity contribution is -0.165. The molecule has 0 aromatic rings. The van der Waals surface area contributed by atoms with E-state index in [0.29, 0.717) is 18.2 Å². The number of rotatable bonds is 1. The summed E-state index contributed by atoms with van der Waals surface area (Å²) in [6.45, 7) is 0.785. The van der Waals surface area contributed by atoms with Gasteiger partial charge in [0.15, 0.2) is 9.91 Å². The predicted molar refractivity (Wildman–Crippen MR) is 67.2 cm³/mol. The lowest BCUT2D eigenvalue weighted by atomic mass is 9.92. The molecule has 3 aliphatic rings. The van der Waals surface area contributed by atoms with Crippen molar-refractivity contribution < 1.29 is 26.7 Å². The van der Waals surface area contributed by atoms with Crippen LogP contribution in [-0.2, 0) is 4.79 Å². The first-order valence-corrected chi connectivity index (χ1v) is 7.38. The quantitative estimate of drug-likeness (QED) is 0.753. The van der Waals surface area contributed by atoms with Crippen LogP contribution >= 0.6 is 11.8 Å². The van der Waals surface area contributed by atoms with Gasteiger partial charge in [0.05, 0.1) is 0 Å². The van der Waals surface area contributed by atoms with Gasteiger partial charge in [-0.25, -0.2) is 8.78 Å². The normalized spacial score (nSPS) is 41.5. The monoisotopic (exact) mass is 328 g/mol. The van der Waals surface area contributed by atoms with Crippen molar-refractivity contribution in [3.63, 3.8) is 0 Å². The number of hydrogen-bond acceptors (Lipinski definition) is 3. The summed E-state index contributed by atoms with van der Waals surface area (Å²) in [5.41, 5.74) is 0. The number of amidine groups is 1. The Morgan fingerprint density at radius 3 is 2.43 bits per heavy atom. The van der Waals surface area contributed by atoms with E-state index in [1.165, 1.54) is 0 Å². The molecule has 4 atom stereocenters. The lowest BCUT2D eigenvalue weighted by Gasteiger charge is -2.29. The van der Waals surface area contributed by atoms with Gasteiger partial charge in [-0.3, -0.25) is 4.79 Å². The zero-order valence-electron chi connectivity index (χ0n) is 11.0. The predicted octanol–water partition coefficient (Wildman–Crippen LogP) is 2.96. The molecular weight excluding hydrogens is 315 g/mol. The van der Waals surface area contributed by atoms with Crippen LogP contribution in [0.2, 0.25) is 0 Å². The summed E-state index contributed by atoms with van der Waals surface area (Å²) in [6, 6.07) is -0.329. The molecule has 1 aliphatic heterocycles. The van der Waals surface area contributed by atoms with Crippen LogP contribution in [0.25, 0.3) is 0 Å². The fraction of sp³-hybridized carbons (Fsp3) is 0.833. The molecule has 3 nitrogen and oxygen atoms in total. The Balaban J connectivity index is 1.67. The van der Waals surface area contributed by atoms with Crippen LogP contribution in [0.3, 0.4) is 0 Å². The summed E-state index contributed by atoms with van der Waals surface area (Å²) in [6.07, 6.45) is -4.39. The van der Waals surface area contributed by atoms with E-state index in [-0.39, 0.29) is 30.0 Å². The van der Waals surface area contributed by atoms with Crippen LogP contribution in [0, 0.1) is 11.8 Å². The summed E-state index contributed by atoms with van der Waals surface area (Å²) >= 11 is 0.319. The van der Waals surface area contributed by atoms with Gasteiger partial charge in [-0.1, -0.05) is 11.8 Å². The zero-order chi connectivity index (χ0) is 15.6. The maximum absolute atomic E-state index is 13.4. The molecule has 2 fully saturated rings. The van der Waals surface area contributed by atoms with Gasteiger partial charge in [0.2, 0.25) is 0 Å². The highest BCUT2D eigenvalue weighted by molar-refractivity contribution is 8.16. The Labute approximate surface area is 121 Å². The summed E-state index contributed by atoms with van der Waals surface area (Å²) < 4.78 is 62.9. The highest BCUT2D eigenvalue weighted by Crippen LogP contribution is 2.54. The van der Waals surface area contributed by atoms with E-state index in [2.05, 4.69) is 10.3 Å². The number of carbonyl (C=O) groups excluding carboxylic acids is 1. The van der Waals surface area contributed by atoms with Crippen molar-refractivity contribution in [1.82, 2.24) is 5.32 Å². The SMILES string of the molecule is C[C@]1(C(F)(F)F)SC(N[C@H]2C[C@H]3CC2CC3(F)F)=NC1=O. The number of thioether (sulfide) groups is 1. The maximum atomic E-state index is 13.4. The molecule has 1 unspecified atom stereocenters. The molecule has 9 heteroatoms. The number of amides is 1. The number of alkyl halides is 5. The van der Waals surface area contributed by atoms with Crippen molar-refractivity contribution in [2.45, 2.75) is 49.1 Å². The van der Waals surface area contributed by atoms with Crippen molar-refractivity contribution in [2.75, 3.05) is 0 Å². The molecule has 2 aliphatic carbocycles. The second-order valence-corrected chi connectivity index (χ2v) is 7.41. The van der Waals surface area contributed by atoms with Crippen molar-refractivity contribution in [3.8, 4) is 0 Å². The third kappa shape index (κ3) is 2.24. The molecule has 0 aromatic carbocycles. The first kappa shape index (κ1) is 15.1. The van der Waals surface area contributed by atoms with Gasteiger partial charge in [0.25, 0.3) is 11.8 Å². The lowest BCUT2D eigenvalue weighted by Crippen LogP contribution is -2.45. The Morgan fingerprint density at radius 1 is 1.33 bits per heavy atom. The van der Waals surface area contributed by atoms with Crippen molar-refractivity contribution in [1.29, 1.82) is 0 Å². The minimum Gasteiger partial charge on any atom is -0.361 e. The minimum absolute atomic E-state index is 0.110. The van der Waals surface area contributed by atoms with E-state index in [1.54, 1.807) is 0 Å². The topological polar surface area (TPSA) is 41.5 Å². The van der Waals surface area contributed by atoms with Crippen LogP contribution in [0.1, 0.15) is 26.2 Å². The Kier molecular flexibility index (Phi) is 3.10. The number of halogens is 5. The molecule has 21 heavy (non-hydrogen) atoms. The van der Waals surface area contributed by atoms with Gasteiger partial charge in [0, 0.05) is 18.4 Å². The molecule has 1 amide bonds. The van der Waals surface area contributed by atoms with Crippen molar-refractivity contribution in [2.24, 2.45) is 16.8 Å². The molecule has 1 N–H and O–H groups in total. The van der Waals surface area contributed by atoms with E-state index in [9.17, 15) is 26.7 Å². The zero-order valence-corrected chi connectivity index (χ0v) is 11.8. The smallest absolute Gasteiger partial charge is 0.361 e. The Hall–Kier alpha value is -0.860. The van der Waals surface area contributed by atoms with E-state index >= 15 is 0 Å². The summed E-state index contributed by atoms with van der Waals surface area (Å²) in [5.74, 6) is -4.93. The second-order valence-electron chi connectivity index (χ2n) is 6.00. The number of nitrogens with zero attached hydrogens (tertiary/aromatic N) is 1. The molecule has 3 rings (SSSR count). The number of aliphatic imine (C=N–C) groups is 1. The van der Waals surface area contributed by atoms with Crippen molar-refractivity contribution in [3.05, 3.63) is 0 Å². The van der Waals surface area contributed by atoms with Gasteiger partial charge < -0.3 is 5.32 Å². The fourth-order valence-electron chi connectivity index (χ4n) is 3.25. The van der Waals surface area contributed by atoms with Crippen LogP contribution in [-0.4, -0.2) is 34.0 Å². The summed E-state index contributed by atoms with van der Waals surface area (Å²) in [5, 5.41) is 2.65. The maximum Gasteiger partial charge on any atom is 0.412 e. The number of carbonyl (C=O) groups is 1. The van der Waals surface area contributed by atoms with E-state index in [4.69, 9.17) is 0 Å². The second kappa shape index (κ2) is 4.33. The molecule has 1 heterocycles. The third-order valence-corrected chi connectivity index (χ3v) is 5.80. The van der Waals surface area contributed by atoms with E-state index in [0.717, 1.165) is 6.92 Å². The van der Waals surface area contributed by atoms with Crippen LogP contribution < -0.4 is 5.32 Å². The molecule has 2 bridgehead atoms. The standard InChI is InChI=1S/C12H13F5N2OS/c1-10(12(15,16)17)8(20)19-9(21-10)18-7-3-6-2-5(7)4-11(6,13)14/h5-7H,2-4H2,1H3,(H,18,19,20)/t5?,6-,7+,10+/m1/s1. The number of fused-ring (bicyclic) bond motifs is 2. The van der Waals surface area contributed by atoms with E-state index in [1.807, 2.05) is 0 Å². The van der Waals surface area contributed by atoms with E-state index < -0.39 is 28.7 Å². The molecule has 0 spiro atoms. The van der Waals surface area contributed by atoms with Gasteiger partial charge in [-0.15, -0.1) is 0 Å². The highest BCUT2D eigenvalue weighted by Gasteiger charge is 2.62. The molecule has 0 radical (unpaired) electrons.